The number of fused-ring (bicyclic) bond motifs is 1. The summed E-state index contributed by atoms with van der Waals surface area (Å²) in [5.41, 5.74) is 2.39. The molecule has 4 rings (SSSR count). The standard InChI is InChI=1S/C25H24N2O4/c28-24-13-11-21(27(30)31)14-20(24)16-26(15-18-6-2-1-3-7-18)17-23-22-9-5-4-8-19(22)10-12-25(23)29/h1-14,28-31H,15-17H2/p-1. The van der Waals surface area contributed by atoms with Gasteiger partial charge in [0.2, 0.25) is 0 Å². The van der Waals surface area contributed by atoms with Crippen molar-refractivity contribution in [2.75, 3.05) is 5.23 Å². The van der Waals surface area contributed by atoms with E-state index in [4.69, 9.17) is 0 Å². The summed E-state index contributed by atoms with van der Waals surface area (Å²) in [5.74, 6) is 0.00977. The lowest BCUT2D eigenvalue weighted by molar-refractivity contribution is -0.269. The molecule has 0 fully saturated rings. The Hall–Kier alpha value is -3.58. The summed E-state index contributed by atoms with van der Waals surface area (Å²) in [6.45, 7) is 1.24. The second-order valence-electron chi connectivity index (χ2n) is 7.50. The van der Waals surface area contributed by atoms with Crippen LogP contribution in [0.3, 0.4) is 0 Å². The van der Waals surface area contributed by atoms with Crippen molar-refractivity contribution >= 4 is 16.5 Å². The lowest BCUT2D eigenvalue weighted by Gasteiger charge is -2.27. The van der Waals surface area contributed by atoms with E-state index in [0.717, 1.165) is 21.9 Å². The van der Waals surface area contributed by atoms with E-state index >= 15 is 0 Å². The maximum atomic E-state index is 12.5. The molecule has 0 bridgehead atoms. The summed E-state index contributed by atoms with van der Waals surface area (Å²) in [6, 6.07) is 25.4. The zero-order chi connectivity index (χ0) is 21.8. The minimum absolute atomic E-state index is 0.001000. The average molecular weight is 415 g/mol. The summed E-state index contributed by atoms with van der Waals surface area (Å²) in [4.78, 5) is 2.05. The van der Waals surface area contributed by atoms with E-state index in [2.05, 4.69) is 4.90 Å². The van der Waals surface area contributed by atoms with Crippen LogP contribution in [0.25, 0.3) is 10.8 Å². The summed E-state index contributed by atoms with van der Waals surface area (Å²) >= 11 is 0. The minimum Gasteiger partial charge on any atom is -0.872 e. The highest BCUT2D eigenvalue weighted by Gasteiger charge is 2.15. The van der Waals surface area contributed by atoms with Gasteiger partial charge in [-0.3, -0.25) is 15.3 Å². The maximum Gasteiger partial charge on any atom is 0.120 e. The van der Waals surface area contributed by atoms with Crippen molar-refractivity contribution in [3.63, 3.8) is 0 Å². The van der Waals surface area contributed by atoms with Crippen LogP contribution in [-0.4, -0.2) is 20.4 Å². The van der Waals surface area contributed by atoms with Gasteiger partial charge in [-0.25, -0.2) is 0 Å². The molecule has 0 saturated heterocycles. The van der Waals surface area contributed by atoms with Gasteiger partial charge < -0.3 is 10.2 Å². The number of hydrogen-bond donors (Lipinski definition) is 3. The van der Waals surface area contributed by atoms with Gasteiger partial charge in [-0.2, -0.15) is 0 Å². The average Bonchev–Trinajstić information content (AvgIpc) is 2.77. The van der Waals surface area contributed by atoms with Gasteiger partial charge in [0, 0.05) is 25.2 Å². The first-order valence-electron chi connectivity index (χ1n) is 9.95. The molecule has 0 aliphatic rings. The van der Waals surface area contributed by atoms with Gasteiger partial charge in [-0.05, 0) is 40.1 Å². The molecule has 0 amide bonds. The fourth-order valence-corrected chi connectivity index (χ4v) is 3.78. The SMILES string of the molecule is [O-]c1ccc(N(O)O)cc1CN(Cc1ccccc1)Cc1c(O)ccc2ccccc12. The molecule has 4 aromatic rings. The van der Waals surface area contributed by atoms with Gasteiger partial charge in [0.1, 0.15) is 5.75 Å². The van der Waals surface area contributed by atoms with Gasteiger partial charge >= 0.3 is 0 Å². The Bertz CT molecular complexity index is 1180. The first-order valence-corrected chi connectivity index (χ1v) is 9.95. The van der Waals surface area contributed by atoms with Crippen LogP contribution in [-0.2, 0) is 19.6 Å². The molecule has 0 aliphatic carbocycles. The predicted octanol–water partition coefficient (Wildman–Crippen LogP) is 4.41. The second kappa shape index (κ2) is 9.06. The molecular weight excluding hydrogens is 392 g/mol. The maximum absolute atomic E-state index is 12.5. The lowest BCUT2D eigenvalue weighted by Crippen LogP contribution is -2.23. The number of phenolic OH excluding ortho intramolecular Hbond substituents is 1. The van der Waals surface area contributed by atoms with Crippen molar-refractivity contribution in [3.8, 4) is 11.5 Å². The van der Waals surface area contributed by atoms with Crippen LogP contribution < -0.4 is 10.3 Å². The normalized spacial score (nSPS) is 11.2. The third-order valence-corrected chi connectivity index (χ3v) is 5.32. The van der Waals surface area contributed by atoms with E-state index in [1.807, 2.05) is 60.7 Å². The highest BCUT2D eigenvalue weighted by molar-refractivity contribution is 5.87. The van der Waals surface area contributed by atoms with E-state index < -0.39 is 0 Å². The Labute approximate surface area is 180 Å². The van der Waals surface area contributed by atoms with E-state index in [0.29, 0.717) is 18.7 Å². The Kier molecular flexibility index (Phi) is 6.04. The molecule has 0 spiro atoms. The van der Waals surface area contributed by atoms with E-state index in [9.17, 15) is 20.6 Å². The quantitative estimate of drug-likeness (QED) is 0.388. The summed E-state index contributed by atoms with van der Waals surface area (Å²) < 4.78 is 0. The summed E-state index contributed by atoms with van der Waals surface area (Å²) in [6.07, 6.45) is 0. The number of aromatic hydroxyl groups is 1. The number of anilines is 1. The van der Waals surface area contributed by atoms with Crippen LogP contribution in [0, 0.1) is 0 Å². The van der Waals surface area contributed by atoms with Crippen LogP contribution in [0.1, 0.15) is 16.7 Å². The molecule has 4 aromatic carbocycles. The van der Waals surface area contributed by atoms with Crippen molar-refractivity contribution < 1.29 is 20.6 Å². The third-order valence-electron chi connectivity index (χ3n) is 5.32. The van der Waals surface area contributed by atoms with Crippen LogP contribution in [0.4, 0.5) is 5.69 Å². The van der Waals surface area contributed by atoms with Crippen LogP contribution in [0.5, 0.6) is 11.5 Å². The van der Waals surface area contributed by atoms with Gasteiger partial charge in [0.15, 0.2) is 0 Å². The van der Waals surface area contributed by atoms with Crippen LogP contribution in [0.15, 0.2) is 84.9 Å². The molecule has 0 unspecified atom stereocenters. The van der Waals surface area contributed by atoms with E-state index in [-0.39, 0.29) is 29.0 Å². The largest absolute Gasteiger partial charge is 0.872 e. The van der Waals surface area contributed by atoms with Crippen LogP contribution >= 0.6 is 0 Å². The van der Waals surface area contributed by atoms with Gasteiger partial charge in [0.25, 0.3) is 0 Å². The van der Waals surface area contributed by atoms with Crippen molar-refractivity contribution in [1.29, 1.82) is 0 Å². The van der Waals surface area contributed by atoms with Gasteiger partial charge in [-0.15, -0.1) is 11.0 Å². The molecule has 0 aromatic heterocycles. The molecule has 158 valence electrons. The van der Waals surface area contributed by atoms with Crippen molar-refractivity contribution in [2.45, 2.75) is 19.6 Å². The third kappa shape index (κ3) is 4.78. The number of rotatable bonds is 7. The molecular formula is C25H23N2O4-. The molecule has 3 N–H and O–H groups in total. The summed E-state index contributed by atoms with van der Waals surface area (Å²) in [7, 11) is 0. The van der Waals surface area contributed by atoms with Crippen molar-refractivity contribution in [1.82, 2.24) is 4.90 Å². The fraction of sp³-hybridized carbons (Fsp3) is 0.120. The molecule has 0 saturated carbocycles. The zero-order valence-corrected chi connectivity index (χ0v) is 16.8. The first kappa shape index (κ1) is 20.7. The first-order chi connectivity index (χ1) is 15.0. The number of benzene rings is 4. The van der Waals surface area contributed by atoms with Gasteiger partial charge in [0.05, 0.1) is 5.69 Å². The highest BCUT2D eigenvalue weighted by atomic mass is 16.8. The summed E-state index contributed by atoms with van der Waals surface area (Å²) in [5, 5.41) is 43.7. The van der Waals surface area contributed by atoms with Crippen LogP contribution in [0.2, 0.25) is 0 Å². The molecule has 0 aliphatic heterocycles. The van der Waals surface area contributed by atoms with Crippen molar-refractivity contribution in [3.05, 3.63) is 102 Å². The van der Waals surface area contributed by atoms with Gasteiger partial charge in [-0.1, -0.05) is 66.7 Å². The highest BCUT2D eigenvalue weighted by Crippen LogP contribution is 2.30. The second-order valence-corrected chi connectivity index (χ2v) is 7.50. The smallest absolute Gasteiger partial charge is 0.120 e. The molecule has 0 atom stereocenters. The molecule has 31 heavy (non-hydrogen) atoms. The fourth-order valence-electron chi connectivity index (χ4n) is 3.78. The Morgan fingerprint density at radius 1 is 0.742 bits per heavy atom. The Balaban J connectivity index is 1.71. The lowest BCUT2D eigenvalue weighted by atomic mass is 10.0. The number of phenols is 1. The minimum atomic E-state index is -0.189. The zero-order valence-electron chi connectivity index (χ0n) is 16.8. The van der Waals surface area contributed by atoms with E-state index in [1.54, 1.807) is 6.07 Å². The molecule has 0 heterocycles. The molecule has 6 nitrogen and oxygen atoms in total. The van der Waals surface area contributed by atoms with Crippen molar-refractivity contribution in [2.24, 2.45) is 0 Å². The Morgan fingerprint density at radius 3 is 2.26 bits per heavy atom. The Morgan fingerprint density at radius 2 is 1.48 bits per heavy atom. The molecule has 6 heteroatoms. The predicted molar refractivity (Wildman–Crippen MR) is 117 cm³/mol. The number of hydrogen-bond acceptors (Lipinski definition) is 6. The number of nitrogens with zero attached hydrogens (tertiary/aromatic N) is 2. The molecule has 0 radical (unpaired) electrons. The van der Waals surface area contributed by atoms with E-state index in [1.165, 1.54) is 18.2 Å². The monoisotopic (exact) mass is 415 g/mol. The topological polar surface area (TPSA) is 90.2 Å².